The number of phosphoric ester groups is 2. The van der Waals surface area contributed by atoms with Crippen molar-refractivity contribution < 1.29 is 75.8 Å². The summed E-state index contributed by atoms with van der Waals surface area (Å²) in [6, 6.07) is 0. The number of aliphatic hydroxyl groups is 2. The lowest BCUT2D eigenvalue weighted by Crippen LogP contribution is -2.30. The van der Waals surface area contributed by atoms with Crippen LogP contribution >= 0.6 is 15.6 Å². The minimum Gasteiger partial charge on any atom is -0.463 e. The number of phosphoric acid groups is 2. The molecule has 670 valence electrons. The van der Waals surface area contributed by atoms with Crippen LogP contribution in [0.2, 0.25) is 0 Å². The van der Waals surface area contributed by atoms with E-state index < -0.39 is 91.5 Å². The monoisotopic (exact) mass is 1680 g/mol. The van der Waals surface area contributed by atoms with E-state index in [2.05, 4.69) is 191 Å². The second-order valence-electron chi connectivity index (χ2n) is 30.7. The highest BCUT2D eigenvalue weighted by Crippen LogP contribution is 2.45. The van der Waals surface area contributed by atoms with Crippen molar-refractivity contribution in [3.63, 3.8) is 0 Å². The molecular formula is C99H168O16P2. The molecule has 0 aliphatic carbocycles. The van der Waals surface area contributed by atoms with Crippen LogP contribution in [-0.4, -0.2) is 95.9 Å². The number of hydrogen-bond donors (Lipinski definition) is 4. The van der Waals surface area contributed by atoms with Crippen molar-refractivity contribution in [3.8, 4) is 0 Å². The quantitative estimate of drug-likeness (QED) is 0.0146. The van der Waals surface area contributed by atoms with Gasteiger partial charge < -0.3 is 34.2 Å². The number of carbonyl (C=O) groups excluding carboxylic acids is 3. The summed E-state index contributed by atoms with van der Waals surface area (Å²) in [5.74, 6) is -1.58. The predicted octanol–water partition coefficient (Wildman–Crippen LogP) is 28.7. The van der Waals surface area contributed by atoms with Crippen molar-refractivity contribution in [1.29, 1.82) is 0 Å². The Labute approximate surface area is 713 Å². The van der Waals surface area contributed by atoms with Crippen LogP contribution in [-0.2, 0) is 55.8 Å². The second-order valence-corrected chi connectivity index (χ2v) is 33.6. The molecule has 0 aliphatic heterocycles. The summed E-state index contributed by atoms with van der Waals surface area (Å²) >= 11 is 0. The Bertz CT molecular complexity index is 2810. The number of carbonyl (C=O) groups is 3. The first-order valence-corrected chi connectivity index (χ1v) is 49.4. The van der Waals surface area contributed by atoms with Crippen LogP contribution in [0, 0.1) is 0 Å². The highest BCUT2D eigenvalue weighted by molar-refractivity contribution is 7.47. The van der Waals surface area contributed by atoms with Gasteiger partial charge in [-0.3, -0.25) is 32.5 Å². The van der Waals surface area contributed by atoms with E-state index in [1.807, 2.05) is 0 Å². The van der Waals surface area contributed by atoms with Crippen molar-refractivity contribution in [3.05, 3.63) is 170 Å². The van der Waals surface area contributed by atoms with Gasteiger partial charge in [0, 0.05) is 19.3 Å². The lowest BCUT2D eigenvalue weighted by molar-refractivity contribution is -0.161. The number of rotatable bonds is 87. The van der Waals surface area contributed by atoms with E-state index in [-0.39, 0.29) is 19.3 Å². The zero-order valence-corrected chi connectivity index (χ0v) is 75.6. The molecule has 5 unspecified atom stereocenters. The first-order chi connectivity index (χ1) is 57.2. The van der Waals surface area contributed by atoms with Gasteiger partial charge in [-0.05, 0) is 154 Å². The Morgan fingerprint density at radius 1 is 0.248 bits per heavy atom. The van der Waals surface area contributed by atoms with Gasteiger partial charge in [-0.15, -0.1) is 0 Å². The maximum Gasteiger partial charge on any atom is 0.472 e. The largest absolute Gasteiger partial charge is 0.472 e. The molecule has 0 aromatic carbocycles. The SMILES string of the molecule is CC/C=C\C/C=C\C/C=C\C/C=C\C/C=C\CCCCCCCCCCCCCCCC(=O)OCC(O)COP(=O)(O)OCC(O)COP(=O)(O)OCC(COC(=O)CCCCCCCCCCCCCCC/C=C\C/C=C\C/C=C\C/C=C\CCCCC)OC(=O)CCCCCCCCC/C=C\C/C=C\C/C=C\C/C=C\C/C=C\CC. The highest BCUT2D eigenvalue weighted by atomic mass is 31.2. The Morgan fingerprint density at radius 2 is 0.453 bits per heavy atom. The Morgan fingerprint density at radius 3 is 0.718 bits per heavy atom. The van der Waals surface area contributed by atoms with E-state index in [4.69, 9.17) is 32.3 Å². The number of esters is 3. The molecule has 0 aromatic rings. The standard InChI is InChI=1S/C99H168O16P2/c1-4-7-10-13-16-19-22-25-28-31-34-37-40-42-44-46-48-50-53-55-58-61-64-67-70-73-76-79-82-85-97(102)109-88-94(100)89-111-116(105,106)112-90-95(101)91-113-117(107,108)114-93-96(115-99(104)87-84-81-78-75-72-69-66-63-60-57-52-39-36-33-30-27-24-21-18-15-12-9-6-3)92-110-98(103)86-83-80-77-74-71-68-65-62-59-56-54-51-49-47-45-43-41-38-35-32-29-26-23-20-17-14-11-8-5-2/h7,9-10,12,16-21,25-30,34-39,42-45,57,60,94-96,100-101H,4-6,8,11,13-15,22-24,31-33,40-41,46-56,58-59,61-93H2,1-3H3,(H,105,106)(H,107,108)/b10-7-,12-9-,19-16-,20-17-,21-18-,28-25-,29-26-,30-27-,37-34-,38-35-,39-36-,44-42-,45-43-,60-57-. The van der Waals surface area contributed by atoms with Crippen molar-refractivity contribution in [1.82, 2.24) is 0 Å². The zero-order chi connectivity index (χ0) is 85.1. The van der Waals surface area contributed by atoms with Crippen LogP contribution in [0.4, 0.5) is 0 Å². The Hall–Kier alpha value is -5.09. The molecule has 0 aromatic heterocycles. The van der Waals surface area contributed by atoms with Gasteiger partial charge >= 0.3 is 33.6 Å². The van der Waals surface area contributed by atoms with Gasteiger partial charge in [-0.2, -0.15) is 0 Å². The first kappa shape index (κ1) is 112. The van der Waals surface area contributed by atoms with Gasteiger partial charge in [-0.1, -0.05) is 377 Å². The van der Waals surface area contributed by atoms with Gasteiger partial charge in [-0.25, -0.2) is 9.13 Å². The minimum absolute atomic E-state index is 0.0872. The molecule has 0 saturated carbocycles. The fraction of sp³-hybridized carbons (Fsp3) is 0.687. The summed E-state index contributed by atoms with van der Waals surface area (Å²) in [4.78, 5) is 59.0. The van der Waals surface area contributed by atoms with Crippen LogP contribution in [0.3, 0.4) is 0 Å². The molecule has 0 heterocycles. The zero-order valence-electron chi connectivity index (χ0n) is 73.8. The normalized spacial score (nSPS) is 14.6. The molecule has 0 fully saturated rings. The van der Waals surface area contributed by atoms with Crippen LogP contribution < -0.4 is 0 Å². The number of allylic oxidation sites excluding steroid dienone is 28. The maximum absolute atomic E-state index is 13.1. The summed E-state index contributed by atoms with van der Waals surface area (Å²) in [7, 11) is -9.82. The number of hydrogen-bond acceptors (Lipinski definition) is 14. The second kappa shape index (κ2) is 90.2. The molecule has 18 heteroatoms. The van der Waals surface area contributed by atoms with Crippen molar-refractivity contribution >= 4 is 33.6 Å². The average Bonchev–Trinajstić information content (AvgIpc) is 0.904. The van der Waals surface area contributed by atoms with Crippen molar-refractivity contribution in [2.45, 2.75) is 399 Å². The van der Waals surface area contributed by atoms with Crippen LogP contribution in [0.1, 0.15) is 380 Å². The Balaban J connectivity index is 4.64. The van der Waals surface area contributed by atoms with E-state index in [0.717, 1.165) is 186 Å². The molecule has 0 saturated heterocycles. The summed E-state index contributed by atoms with van der Waals surface area (Å²) in [5.41, 5.74) is 0. The third kappa shape index (κ3) is 91.5. The van der Waals surface area contributed by atoms with Crippen molar-refractivity contribution in [2.24, 2.45) is 0 Å². The lowest BCUT2D eigenvalue weighted by Gasteiger charge is -2.21. The van der Waals surface area contributed by atoms with E-state index in [1.54, 1.807) is 0 Å². The summed E-state index contributed by atoms with van der Waals surface area (Å²) in [6.07, 6.45) is 117. The molecule has 117 heavy (non-hydrogen) atoms. The number of aliphatic hydroxyl groups excluding tert-OH is 2. The molecule has 0 bridgehead atoms. The fourth-order valence-electron chi connectivity index (χ4n) is 12.4. The maximum atomic E-state index is 13.1. The van der Waals surface area contributed by atoms with Gasteiger partial charge in [0.05, 0.1) is 26.4 Å². The van der Waals surface area contributed by atoms with Crippen LogP contribution in [0.25, 0.3) is 0 Å². The lowest BCUT2D eigenvalue weighted by atomic mass is 10.0. The van der Waals surface area contributed by atoms with E-state index >= 15 is 0 Å². The van der Waals surface area contributed by atoms with Gasteiger partial charge in [0.1, 0.15) is 25.4 Å². The third-order valence-electron chi connectivity index (χ3n) is 19.4. The molecule has 0 rings (SSSR count). The predicted molar refractivity (Wildman–Crippen MR) is 491 cm³/mol. The number of ether oxygens (including phenoxy) is 3. The number of unbranched alkanes of at least 4 members (excludes halogenated alkanes) is 36. The minimum atomic E-state index is -4.95. The van der Waals surface area contributed by atoms with Gasteiger partial charge in [0.2, 0.25) is 0 Å². The van der Waals surface area contributed by atoms with E-state index in [1.165, 1.54) is 135 Å². The molecule has 0 radical (unpaired) electrons. The summed E-state index contributed by atoms with van der Waals surface area (Å²) in [6.45, 7) is 2.46. The molecule has 16 nitrogen and oxygen atoms in total. The highest BCUT2D eigenvalue weighted by Gasteiger charge is 2.29. The average molecular weight is 1680 g/mol. The van der Waals surface area contributed by atoms with Crippen molar-refractivity contribution in [2.75, 3.05) is 39.6 Å². The summed E-state index contributed by atoms with van der Waals surface area (Å²) in [5, 5.41) is 20.7. The Kier molecular flexibility index (Phi) is 86.2. The smallest absolute Gasteiger partial charge is 0.463 e. The van der Waals surface area contributed by atoms with Crippen LogP contribution in [0.5, 0.6) is 0 Å². The molecular weight excluding hydrogens is 1510 g/mol. The molecule has 0 aliphatic rings. The molecule has 4 N–H and O–H groups in total. The molecule has 5 atom stereocenters. The topological polar surface area (TPSA) is 231 Å². The van der Waals surface area contributed by atoms with E-state index in [0.29, 0.717) is 19.3 Å². The molecule has 0 amide bonds. The molecule has 0 spiro atoms. The first-order valence-electron chi connectivity index (χ1n) is 46.4. The van der Waals surface area contributed by atoms with Crippen LogP contribution in [0.15, 0.2) is 170 Å². The van der Waals surface area contributed by atoms with E-state index in [9.17, 15) is 43.5 Å². The van der Waals surface area contributed by atoms with Gasteiger partial charge in [0.15, 0.2) is 6.10 Å². The summed E-state index contributed by atoms with van der Waals surface area (Å²) < 4.78 is 61.5. The van der Waals surface area contributed by atoms with Gasteiger partial charge in [0.25, 0.3) is 0 Å². The fourth-order valence-corrected chi connectivity index (χ4v) is 14.0. The third-order valence-corrected chi connectivity index (χ3v) is 21.3.